The third-order valence-corrected chi connectivity index (χ3v) is 4.92. The molecule has 0 aliphatic carbocycles. The van der Waals surface area contributed by atoms with E-state index < -0.39 is 16.1 Å². The van der Waals surface area contributed by atoms with E-state index in [1.54, 1.807) is 12.1 Å². The molecule has 7 nitrogen and oxygen atoms in total. The Balaban J connectivity index is 2.21. The summed E-state index contributed by atoms with van der Waals surface area (Å²) < 4.78 is 36.6. The van der Waals surface area contributed by atoms with Gasteiger partial charge in [0.1, 0.15) is 11.5 Å². The molecule has 0 spiro atoms. The zero-order valence-corrected chi connectivity index (χ0v) is 15.4. The van der Waals surface area contributed by atoms with Gasteiger partial charge in [0, 0.05) is 12.1 Å². The highest BCUT2D eigenvalue weighted by molar-refractivity contribution is 7.90. The van der Waals surface area contributed by atoms with Gasteiger partial charge in [-0.2, -0.15) is 0 Å². The van der Waals surface area contributed by atoms with Gasteiger partial charge in [0.25, 0.3) is 10.0 Å². The second kappa shape index (κ2) is 7.62. The fourth-order valence-corrected chi connectivity index (χ4v) is 3.14. The van der Waals surface area contributed by atoms with E-state index in [1.165, 1.54) is 38.5 Å². The van der Waals surface area contributed by atoms with Gasteiger partial charge < -0.3 is 14.8 Å². The van der Waals surface area contributed by atoms with Gasteiger partial charge in [0.2, 0.25) is 0 Å². The summed E-state index contributed by atoms with van der Waals surface area (Å²) in [5.41, 5.74) is 1.11. The third kappa shape index (κ3) is 4.55. The maximum Gasteiger partial charge on any atom is 0.333 e. The summed E-state index contributed by atoms with van der Waals surface area (Å²) >= 11 is 5.99. The minimum atomic E-state index is -4.00. The molecule has 0 aromatic heterocycles. The Labute approximate surface area is 151 Å². The number of rotatable bonds is 5. The van der Waals surface area contributed by atoms with Crippen LogP contribution >= 0.6 is 11.6 Å². The van der Waals surface area contributed by atoms with Crippen LogP contribution in [0.25, 0.3) is 0 Å². The number of hydrogen-bond donors (Lipinski definition) is 2. The van der Waals surface area contributed by atoms with E-state index in [2.05, 4.69) is 5.32 Å². The predicted molar refractivity (Wildman–Crippen MR) is 95.1 cm³/mol. The molecule has 2 rings (SSSR count). The molecule has 0 aliphatic heterocycles. The summed E-state index contributed by atoms with van der Waals surface area (Å²) in [6.45, 7) is 1.83. The largest absolute Gasteiger partial charge is 0.495 e. The maximum absolute atomic E-state index is 12.2. The van der Waals surface area contributed by atoms with Crippen molar-refractivity contribution in [2.75, 3.05) is 19.5 Å². The monoisotopic (exact) mass is 384 g/mol. The van der Waals surface area contributed by atoms with E-state index in [0.29, 0.717) is 5.75 Å². The normalized spacial score (nSPS) is 10.9. The van der Waals surface area contributed by atoms with Crippen molar-refractivity contribution in [2.24, 2.45) is 0 Å². The zero-order chi connectivity index (χ0) is 18.6. The predicted octanol–water partition coefficient (Wildman–Crippen LogP) is 3.18. The molecule has 25 heavy (non-hydrogen) atoms. The Bertz CT molecular complexity index is 882. The maximum atomic E-state index is 12.2. The van der Waals surface area contributed by atoms with Crippen molar-refractivity contribution in [3.63, 3.8) is 0 Å². The van der Waals surface area contributed by atoms with E-state index in [0.717, 1.165) is 5.56 Å². The van der Waals surface area contributed by atoms with Crippen molar-refractivity contribution >= 4 is 33.3 Å². The Morgan fingerprint density at radius 3 is 2.20 bits per heavy atom. The number of aryl methyl sites for hydroxylation is 1. The molecule has 2 N–H and O–H groups in total. The number of amides is 2. The molecule has 0 aliphatic rings. The Hall–Kier alpha value is -2.45. The Morgan fingerprint density at radius 2 is 1.64 bits per heavy atom. The zero-order valence-electron chi connectivity index (χ0n) is 13.8. The summed E-state index contributed by atoms with van der Waals surface area (Å²) in [4.78, 5) is 12.1. The smallest absolute Gasteiger partial charge is 0.333 e. The third-order valence-electron chi connectivity index (χ3n) is 3.28. The van der Waals surface area contributed by atoms with Gasteiger partial charge in [0.15, 0.2) is 0 Å². The van der Waals surface area contributed by atoms with Gasteiger partial charge >= 0.3 is 6.03 Å². The highest BCUT2D eigenvalue weighted by Gasteiger charge is 2.19. The molecule has 0 unspecified atom stereocenters. The molecule has 2 amide bonds. The van der Waals surface area contributed by atoms with E-state index >= 15 is 0 Å². The van der Waals surface area contributed by atoms with Crippen molar-refractivity contribution in [1.82, 2.24) is 4.72 Å². The first-order valence-corrected chi connectivity index (χ1v) is 8.95. The van der Waals surface area contributed by atoms with Crippen molar-refractivity contribution in [1.29, 1.82) is 0 Å². The van der Waals surface area contributed by atoms with Crippen LogP contribution in [0.5, 0.6) is 11.5 Å². The lowest BCUT2D eigenvalue weighted by Crippen LogP contribution is -2.34. The van der Waals surface area contributed by atoms with Crippen LogP contribution in [0.1, 0.15) is 5.56 Å². The van der Waals surface area contributed by atoms with E-state index in [-0.39, 0.29) is 21.4 Å². The number of ether oxygens (including phenoxy) is 2. The number of sulfonamides is 1. The molecule has 0 bridgehead atoms. The molecule has 0 saturated heterocycles. The highest BCUT2D eigenvalue weighted by atomic mass is 35.5. The lowest BCUT2D eigenvalue weighted by atomic mass is 10.2. The van der Waals surface area contributed by atoms with Crippen molar-refractivity contribution in [3.05, 3.63) is 47.0 Å². The second-order valence-electron chi connectivity index (χ2n) is 5.06. The van der Waals surface area contributed by atoms with Gasteiger partial charge in [-0.3, -0.25) is 0 Å². The highest BCUT2D eigenvalue weighted by Crippen LogP contribution is 2.35. The number of nitrogens with one attached hydrogen (secondary N) is 2. The van der Waals surface area contributed by atoms with Crippen LogP contribution in [0.4, 0.5) is 10.5 Å². The van der Waals surface area contributed by atoms with E-state index in [1.807, 2.05) is 11.6 Å². The molecule has 134 valence electrons. The standard InChI is InChI=1S/C16H17ClN2O5S/c1-10-4-6-11(7-5-10)25(21,22)19-16(20)18-13-9-14(23-2)12(17)8-15(13)24-3/h4-9H,1-3H3,(H2,18,19,20). The van der Waals surface area contributed by atoms with Crippen LogP contribution in [0.2, 0.25) is 5.02 Å². The van der Waals surface area contributed by atoms with Gasteiger partial charge in [-0.15, -0.1) is 0 Å². The van der Waals surface area contributed by atoms with E-state index in [9.17, 15) is 13.2 Å². The first kappa shape index (κ1) is 18.9. The molecule has 0 heterocycles. The average molecular weight is 385 g/mol. The fourth-order valence-electron chi connectivity index (χ4n) is 2.00. The molecular formula is C16H17ClN2O5S. The Kier molecular flexibility index (Phi) is 5.76. The number of carbonyl (C=O) groups excluding carboxylic acids is 1. The number of methoxy groups -OCH3 is 2. The number of halogens is 1. The molecular weight excluding hydrogens is 368 g/mol. The first-order valence-electron chi connectivity index (χ1n) is 7.09. The first-order chi connectivity index (χ1) is 11.8. The molecule has 2 aromatic rings. The second-order valence-corrected chi connectivity index (χ2v) is 7.15. The number of benzene rings is 2. The molecule has 0 atom stereocenters. The van der Waals surface area contributed by atoms with Crippen LogP contribution in [-0.4, -0.2) is 28.7 Å². The van der Waals surface area contributed by atoms with Crippen molar-refractivity contribution in [3.8, 4) is 11.5 Å². The van der Waals surface area contributed by atoms with Gasteiger partial charge in [-0.25, -0.2) is 17.9 Å². The lowest BCUT2D eigenvalue weighted by molar-refractivity contribution is 0.256. The summed E-state index contributed by atoms with van der Waals surface area (Å²) in [6, 6.07) is 8.04. The number of carbonyl (C=O) groups is 1. The topological polar surface area (TPSA) is 93.7 Å². The lowest BCUT2D eigenvalue weighted by Gasteiger charge is -2.14. The van der Waals surface area contributed by atoms with Crippen LogP contribution in [-0.2, 0) is 10.0 Å². The minimum Gasteiger partial charge on any atom is -0.495 e. The van der Waals surface area contributed by atoms with Gasteiger partial charge in [-0.05, 0) is 19.1 Å². The van der Waals surface area contributed by atoms with E-state index in [4.69, 9.17) is 21.1 Å². The summed E-state index contributed by atoms with van der Waals surface area (Å²) in [5, 5.41) is 2.70. The molecule has 9 heteroatoms. The summed E-state index contributed by atoms with van der Waals surface area (Å²) in [5.74, 6) is 0.563. The molecule has 0 fully saturated rings. The van der Waals surface area contributed by atoms with Crippen LogP contribution in [0.3, 0.4) is 0 Å². The number of urea groups is 1. The number of anilines is 1. The van der Waals surface area contributed by atoms with Crippen molar-refractivity contribution < 1.29 is 22.7 Å². The summed E-state index contributed by atoms with van der Waals surface area (Å²) in [7, 11) is -1.19. The quantitative estimate of drug-likeness (QED) is 0.825. The van der Waals surface area contributed by atoms with Crippen LogP contribution in [0.15, 0.2) is 41.3 Å². The average Bonchev–Trinajstić information content (AvgIpc) is 2.55. The number of hydrogen-bond acceptors (Lipinski definition) is 5. The van der Waals surface area contributed by atoms with Gasteiger partial charge in [-0.1, -0.05) is 29.3 Å². The van der Waals surface area contributed by atoms with Crippen LogP contribution < -0.4 is 19.5 Å². The molecule has 0 saturated carbocycles. The van der Waals surface area contributed by atoms with Crippen LogP contribution in [0, 0.1) is 6.92 Å². The SMILES string of the molecule is COc1cc(NC(=O)NS(=O)(=O)c2ccc(C)cc2)c(OC)cc1Cl. The summed E-state index contributed by atoms with van der Waals surface area (Å²) in [6.07, 6.45) is 0. The van der Waals surface area contributed by atoms with Gasteiger partial charge in [0.05, 0.1) is 29.8 Å². The molecule has 2 aromatic carbocycles. The molecule has 0 radical (unpaired) electrons. The fraction of sp³-hybridized carbons (Fsp3) is 0.188. The van der Waals surface area contributed by atoms with Crippen molar-refractivity contribution in [2.45, 2.75) is 11.8 Å². The minimum absolute atomic E-state index is 0.0195. The Morgan fingerprint density at radius 1 is 1.04 bits per heavy atom.